The molecule has 0 atom stereocenters. The van der Waals surface area contributed by atoms with Crippen LogP contribution in [0.15, 0.2) is 41.6 Å². The topological polar surface area (TPSA) is 46.1 Å². The van der Waals surface area contributed by atoms with Crippen LogP contribution in [0, 0.1) is 6.92 Å². The minimum absolute atomic E-state index is 0.000316. The predicted molar refractivity (Wildman–Crippen MR) is 94.9 cm³/mol. The lowest BCUT2D eigenvalue weighted by atomic mass is 10.2. The third kappa shape index (κ3) is 5.06. The SMILES string of the molecule is CCc1ncc(C(=O)N(CC)CCSc2ccc(C)cc2)cn1. The Bertz CT molecular complexity index is 626. The molecule has 0 N–H and O–H groups in total. The molecule has 0 aliphatic heterocycles. The van der Waals surface area contributed by atoms with E-state index in [1.807, 2.05) is 18.7 Å². The highest BCUT2D eigenvalue weighted by atomic mass is 32.2. The Morgan fingerprint density at radius 1 is 1.13 bits per heavy atom. The van der Waals surface area contributed by atoms with Crippen molar-refractivity contribution in [3.05, 3.63) is 53.6 Å². The fourth-order valence-corrected chi connectivity index (χ4v) is 3.02. The van der Waals surface area contributed by atoms with Crippen LogP contribution in [0.25, 0.3) is 0 Å². The highest BCUT2D eigenvalue weighted by molar-refractivity contribution is 7.99. The van der Waals surface area contributed by atoms with E-state index in [0.717, 1.165) is 18.0 Å². The molecule has 0 saturated heterocycles. The van der Waals surface area contributed by atoms with Gasteiger partial charge in [-0.05, 0) is 26.0 Å². The van der Waals surface area contributed by atoms with Crippen molar-refractivity contribution < 1.29 is 4.79 Å². The molecule has 0 fully saturated rings. The molecule has 0 radical (unpaired) electrons. The average Bonchev–Trinajstić information content (AvgIpc) is 2.60. The summed E-state index contributed by atoms with van der Waals surface area (Å²) in [4.78, 5) is 24.0. The number of aryl methyl sites for hydroxylation is 2. The molecule has 122 valence electrons. The Labute approximate surface area is 142 Å². The zero-order valence-corrected chi connectivity index (χ0v) is 14.8. The Morgan fingerprint density at radius 3 is 2.35 bits per heavy atom. The fraction of sp³-hybridized carbons (Fsp3) is 0.389. The summed E-state index contributed by atoms with van der Waals surface area (Å²) < 4.78 is 0. The van der Waals surface area contributed by atoms with Crippen molar-refractivity contribution in [2.45, 2.75) is 32.1 Å². The van der Waals surface area contributed by atoms with E-state index in [1.54, 1.807) is 24.2 Å². The Kier molecular flexibility index (Phi) is 6.59. The zero-order valence-electron chi connectivity index (χ0n) is 14.0. The largest absolute Gasteiger partial charge is 0.338 e. The minimum atomic E-state index is -0.000316. The fourth-order valence-electron chi connectivity index (χ4n) is 2.14. The van der Waals surface area contributed by atoms with Gasteiger partial charge in [-0.2, -0.15) is 0 Å². The molecule has 0 unspecified atom stereocenters. The number of nitrogens with zero attached hydrogens (tertiary/aromatic N) is 3. The number of benzene rings is 1. The molecule has 4 nitrogen and oxygen atoms in total. The number of amides is 1. The number of aromatic nitrogens is 2. The van der Waals surface area contributed by atoms with Gasteiger partial charge in [0.15, 0.2) is 0 Å². The Hall–Kier alpha value is -1.88. The van der Waals surface area contributed by atoms with Crippen LogP contribution in [0.5, 0.6) is 0 Å². The van der Waals surface area contributed by atoms with Crippen LogP contribution in [0.2, 0.25) is 0 Å². The summed E-state index contributed by atoms with van der Waals surface area (Å²) in [5, 5.41) is 0. The molecule has 2 aromatic rings. The van der Waals surface area contributed by atoms with Crippen LogP contribution in [0.3, 0.4) is 0 Å². The highest BCUT2D eigenvalue weighted by Crippen LogP contribution is 2.18. The van der Waals surface area contributed by atoms with Gasteiger partial charge in [0.1, 0.15) is 5.82 Å². The lowest BCUT2D eigenvalue weighted by Gasteiger charge is -2.20. The van der Waals surface area contributed by atoms with Gasteiger partial charge >= 0.3 is 0 Å². The Morgan fingerprint density at radius 2 is 1.78 bits per heavy atom. The maximum Gasteiger partial charge on any atom is 0.257 e. The van der Waals surface area contributed by atoms with Gasteiger partial charge < -0.3 is 4.90 Å². The van der Waals surface area contributed by atoms with Crippen molar-refractivity contribution in [3.8, 4) is 0 Å². The summed E-state index contributed by atoms with van der Waals surface area (Å²) in [6, 6.07) is 8.46. The van der Waals surface area contributed by atoms with E-state index in [0.29, 0.717) is 18.7 Å². The summed E-state index contributed by atoms with van der Waals surface area (Å²) in [5.74, 6) is 1.63. The second-order valence-corrected chi connectivity index (χ2v) is 6.46. The summed E-state index contributed by atoms with van der Waals surface area (Å²) in [7, 11) is 0. The molecular formula is C18H23N3OS. The van der Waals surface area contributed by atoms with Crippen LogP contribution in [0.4, 0.5) is 0 Å². The van der Waals surface area contributed by atoms with Crippen molar-refractivity contribution in [3.63, 3.8) is 0 Å². The van der Waals surface area contributed by atoms with Gasteiger partial charge in [0.25, 0.3) is 5.91 Å². The third-order valence-electron chi connectivity index (χ3n) is 3.59. The first-order valence-electron chi connectivity index (χ1n) is 7.93. The normalized spacial score (nSPS) is 10.6. The first-order chi connectivity index (χ1) is 11.1. The molecule has 1 heterocycles. The number of carbonyl (C=O) groups excluding carboxylic acids is 1. The average molecular weight is 329 g/mol. The van der Waals surface area contributed by atoms with Crippen LogP contribution in [-0.4, -0.2) is 39.6 Å². The van der Waals surface area contributed by atoms with E-state index in [1.165, 1.54) is 10.5 Å². The van der Waals surface area contributed by atoms with Gasteiger partial charge in [-0.1, -0.05) is 24.6 Å². The standard InChI is InChI=1S/C18H23N3OS/c1-4-17-19-12-15(13-20-17)18(22)21(5-2)10-11-23-16-8-6-14(3)7-9-16/h6-9,12-13H,4-5,10-11H2,1-3H3. The quantitative estimate of drug-likeness (QED) is 0.728. The second-order valence-electron chi connectivity index (χ2n) is 5.29. The van der Waals surface area contributed by atoms with Crippen molar-refractivity contribution in [2.24, 2.45) is 0 Å². The smallest absolute Gasteiger partial charge is 0.257 e. The maximum absolute atomic E-state index is 12.5. The van der Waals surface area contributed by atoms with Gasteiger partial charge in [0.2, 0.25) is 0 Å². The molecule has 23 heavy (non-hydrogen) atoms. The molecule has 5 heteroatoms. The van der Waals surface area contributed by atoms with Crippen molar-refractivity contribution in [1.82, 2.24) is 14.9 Å². The predicted octanol–water partition coefficient (Wildman–Crippen LogP) is 3.60. The van der Waals surface area contributed by atoms with Crippen molar-refractivity contribution in [2.75, 3.05) is 18.8 Å². The minimum Gasteiger partial charge on any atom is -0.338 e. The molecule has 0 aliphatic rings. The maximum atomic E-state index is 12.5. The first-order valence-corrected chi connectivity index (χ1v) is 8.92. The molecule has 1 aromatic carbocycles. The van der Waals surface area contributed by atoms with E-state index < -0.39 is 0 Å². The summed E-state index contributed by atoms with van der Waals surface area (Å²) in [6.07, 6.45) is 4.03. The summed E-state index contributed by atoms with van der Waals surface area (Å²) in [5.41, 5.74) is 1.82. The third-order valence-corrected chi connectivity index (χ3v) is 4.58. The van der Waals surface area contributed by atoms with Gasteiger partial charge in [-0.3, -0.25) is 4.79 Å². The summed E-state index contributed by atoms with van der Waals surface area (Å²) in [6.45, 7) is 7.47. The molecule has 2 rings (SSSR count). The number of hydrogen-bond donors (Lipinski definition) is 0. The summed E-state index contributed by atoms with van der Waals surface area (Å²) >= 11 is 1.77. The van der Waals surface area contributed by atoms with Crippen LogP contribution < -0.4 is 0 Å². The number of carbonyl (C=O) groups is 1. The van der Waals surface area contributed by atoms with Crippen molar-refractivity contribution >= 4 is 17.7 Å². The van der Waals surface area contributed by atoms with Gasteiger partial charge in [-0.15, -0.1) is 11.8 Å². The number of hydrogen-bond acceptors (Lipinski definition) is 4. The monoisotopic (exact) mass is 329 g/mol. The van der Waals surface area contributed by atoms with E-state index in [-0.39, 0.29) is 5.91 Å². The lowest BCUT2D eigenvalue weighted by molar-refractivity contribution is 0.0773. The molecule has 0 spiro atoms. The lowest BCUT2D eigenvalue weighted by Crippen LogP contribution is -2.33. The van der Waals surface area contributed by atoms with Gasteiger partial charge in [0.05, 0.1) is 5.56 Å². The van der Waals surface area contributed by atoms with Crippen LogP contribution >= 0.6 is 11.8 Å². The molecule has 1 aromatic heterocycles. The van der Waals surface area contributed by atoms with Crippen LogP contribution in [-0.2, 0) is 6.42 Å². The molecular weight excluding hydrogens is 306 g/mol. The number of thioether (sulfide) groups is 1. The van der Waals surface area contributed by atoms with E-state index >= 15 is 0 Å². The first kappa shape index (κ1) is 17.5. The van der Waals surface area contributed by atoms with E-state index in [9.17, 15) is 4.79 Å². The highest BCUT2D eigenvalue weighted by Gasteiger charge is 2.14. The second kappa shape index (κ2) is 8.67. The molecule has 0 aliphatic carbocycles. The van der Waals surface area contributed by atoms with Crippen LogP contribution in [0.1, 0.15) is 35.6 Å². The molecule has 0 bridgehead atoms. The Balaban J connectivity index is 1.90. The molecule has 1 amide bonds. The van der Waals surface area contributed by atoms with Crippen molar-refractivity contribution in [1.29, 1.82) is 0 Å². The van der Waals surface area contributed by atoms with Gasteiger partial charge in [-0.25, -0.2) is 9.97 Å². The number of rotatable bonds is 7. The zero-order chi connectivity index (χ0) is 16.7. The van der Waals surface area contributed by atoms with Gasteiger partial charge in [0, 0.05) is 42.6 Å². The molecule has 0 saturated carbocycles. The van der Waals surface area contributed by atoms with E-state index in [2.05, 4.69) is 41.2 Å². The van der Waals surface area contributed by atoms with E-state index in [4.69, 9.17) is 0 Å².